The number of benzene rings is 3. The highest BCUT2D eigenvalue weighted by Gasteiger charge is 2.61. The first-order chi connectivity index (χ1) is 17.0. The number of carbonyl (C=O) groups is 1. The Morgan fingerprint density at radius 3 is 2.06 bits per heavy atom. The smallest absolute Gasteiger partial charge is 0.227 e. The van der Waals surface area contributed by atoms with Crippen molar-refractivity contribution in [3.8, 4) is 5.75 Å². The van der Waals surface area contributed by atoms with Crippen LogP contribution in [0.3, 0.4) is 0 Å². The molecule has 4 aliphatic carbocycles. The van der Waals surface area contributed by atoms with Gasteiger partial charge in [-0.25, -0.2) is 4.39 Å². The standard InChI is InChI=1S/C31H32FNO2/c1-35-25-12-13-26(27(32)15-25)30-16-21-14-22(17-30)19-31(18-21,20-30)29(34)33-28(23-8-4-2-5-9-23)24-10-6-3-7-11-24/h2-13,15,21-22,28H,14,16-20H2,1H3,(H,33,34)/t21-,22-,30?,31?/m1/s1. The van der Waals surface area contributed by atoms with Crippen LogP contribution in [-0.4, -0.2) is 13.0 Å². The van der Waals surface area contributed by atoms with Gasteiger partial charge in [-0.2, -0.15) is 0 Å². The fourth-order valence-corrected chi connectivity index (χ4v) is 7.83. The highest BCUT2D eigenvalue weighted by atomic mass is 19.1. The molecule has 4 heteroatoms. The number of carbonyl (C=O) groups excluding carboxylic acids is 1. The lowest BCUT2D eigenvalue weighted by atomic mass is 9.42. The first-order valence-electron chi connectivity index (χ1n) is 12.8. The van der Waals surface area contributed by atoms with Gasteiger partial charge in [0, 0.05) is 6.07 Å². The second kappa shape index (κ2) is 8.51. The molecule has 0 unspecified atom stereocenters. The summed E-state index contributed by atoms with van der Waals surface area (Å²) in [7, 11) is 1.56. The molecular formula is C31H32FNO2. The van der Waals surface area contributed by atoms with Gasteiger partial charge in [-0.15, -0.1) is 0 Å². The molecule has 4 aliphatic rings. The van der Waals surface area contributed by atoms with Crippen LogP contribution in [0.5, 0.6) is 5.75 Å². The van der Waals surface area contributed by atoms with Gasteiger partial charge in [0.2, 0.25) is 5.91 Å². The minimum atomic E-state index is -0.446. The number of methoxy groups -OCH3 is 1. The number of rotatable bonds is 6. The second-order valence-corrected chi connectivity index (χ2v) is 11.1. The zero-order valence-electron chi connectivity index (χ0n) is 20.2. The van der Waals surface area contributed by atoms with Crippen LogP contribution in [0.1, 0.15) is 61.3 Å². The molecule has 0 radical (unpaired) electrons. The van der Waals surface area contributed by atoms with Crippen molar-refractivity contribution in [3.05, 3.63) is 101 Å². The lowest BCUT2D eigenvalue weighted by Crippen LogP contribution is -2.59. The fraction of sp³-hybridized carbons (Fsp3) is 0.387. The van der Waals surface area contributed by atoms with Gasteiger partial charge >= 0.3 is 0 Å². The third-order valence-electron chi connectivity index (χ3n) is 8.83. The molecule has 3 aromatic rings. The van der Waals surface area contributed by atoms with Gasteiger partial charge in [-0.1, -0.05) is 66.7 Å². The molecule has 0 heterocycles. The number of halogens is 1. The molecule has 35 heavy (non-hydrogen) atoms. The van der Waals surface area contributed by atoms with Crippen molar-refractivity contribution in [1.82, 2.24) is 5.32 Å². The predicted octanol–water partition coefficient (Wildman–Crippen LogP) is 6.58. The molecule has 7 rings (SSSR count). The molecule has 2 atom stereocenters. The SMILES string of the molecule is COc1ccc(C23C[C@H]4C[C@@H](CC(C(=O)NC(c5ccccc5)c5ccccc5)(C4)C2)C3)c(F)c1. The van der Waals surface area contributed by atoms with Crippen molar-refractivity contribution < 1.29 is 13.9 Å². The normalized spacial score (nSPS) is 28.8. The van der Waals surface area contributed by atoms with Crippen LogP contribution in [0.15, 0.2) is 78.9 Å². The lowest BCUT2D eigenvalue weighted by Gasteiger charge is -2.61. The number of hydrogen-bond donors (Lipinski definition) is 1. The Balaban J connectivity index is 1.35. The maximum atomic E-state index is 15.3. The fourth-order valence-electron chi connectivity index (χ4n) is 7.83. The summed E-state index contributed by atoms with van der Waals surface area (Å²) in [5, 5.41) is 3.46. The summed E-state index contributed by atoms with van der Waals surface area (Å²) in [5.74, 6) is 1.40. The molecule has 0 aromatic heterocycles. The summed E-state index contributed by atoms with van der Waals surface area (Å²) in [4.78, 5) is 14.2. The quantitative estimate of drug-likeness (QED) is 0.443. The van der Waals surface area contributed by atoms with Gasteiger partial charge in [-0.3, -0.25) is 4.79 Å². The minimum Gasteiger partial charge on any atom is -0.497 e. The number of nitrogens with one attached hydrogen (secondary N) is 1. The monoisotopic (exact) mass is 469 g/mol. The third kappa shape index (κ3) is 3.84. The maximum Gasteiger partial charge on any atom is 0.227 e. The van der Waals surface area contributed by atoms with Crippen LogP contribution in [0.25, 0.3) is 0 Å². The summed E-state index contributed by atoms with van der Waals surface area (Å²) >= 11 is 0. The summed E-state index contributed by atoms with van der Waals surface area (Å²) < 4.78 is 20.6. The van der Waals surface area contributed by atoms with E-state index in [2.05, 4.69) is 29.6 Å². The van der Waals surface area contributed by atoms with Crippen LogP contribution in [-0.2, 0) is 10.2 Å². The van der Waals surface area contributed by atoms with Crippen molar-refractivity contribution in [2.45, 2.75) is 50.0 Å². The summed E-state index contributed by atoms with van der Waals surface area (Å²) in [6.07, 6.45) is 5.65. The molecule has 4 saturated carbocycles. The molecule has 180 valence electrons. The molecule has 1 amide bonds. The zero-order chi connectivity index (χ0) is 24.0. The Hall–Kier alpha value is -3.14. The van der Waals surface area contributed by atoms with Gasteiger partial charge in [0.05, 0.1) is 18.6 Å². The highest BCUT2D eigenvalue weighted by molar-refractivity contribution is 5.84. The second-order valence-electron chi connectivity index (χ2n) is 11.1. The summed E-state index contributed by atoms with van der Waals surface area (Å²) in [6, 6.07) is 25.4. The van der Waals surface area contributed by atoms with Crippen LogP contribution in [0.4, 0.5) is 4.39 Å². The van der Waals surface area contributed by atoms with E-state index in [0.717, 1.165) is 55.2 Å². The third-order valence-corrected chi connectivity index (χ3v) is 8.83. The van der Waals surface area contributed by atoms with E-state index in [9.17, 15) is 4.79 Å². The van der Waals surface area contributed by atoms with Gasteiger partial charge < -0.3 is 10.1 Å². The van der Waals surface area contributed by atoms with E-state index in [4.69, 9.17) is 4.74 Å². The molecular weight excluding hydrogens is 437 g/mol. The van der Waals surface area contributed by atoms with E-state index in [1.54, 1.807) is 7.11 Å². The predicted molar refractivity (Wildman–Crippen MR) is 135 cm³/mol. The van der Waals surface area contributed by atoms with Crippen LogP contribution >= 0.6 is 0 Å². The number of ether oxygens (including phenoxy) is 1. The molecule has 3 aromatic carbocycles. The van der Waals surface area contributed by atoms with E-state index >= 15 is 4.39 Å². The molecule has 4 fully saturated rings. The van der Waals surface area contributed by atoms with E-state index in [-0.39, 0.29) is 23.2 Å². The van der Waals surface area contributed by atoms with Crippen molar-refractivity contribution in [2.75, 3.05) is 7.11 Å². The number of amides is 1. The number of hydrogen-bond acceptors (Lipinski definition) is 2. The van der Waals surface area contributed by atoms with E-state index in [1.807, 2.05) is 48.5 Å². The van der Waals surface area contributed by atoms with Gasteiger partial charge in [-0.05, 0) is 78.5 Å². The van der Waals surface area contributed by atoms with Crippen LogP contribution < -0.4 is 10.1 Å². The Kier molecular flexibility index (Phi) is 5.43. The van der Waals surface area contributed by atoms with Crippen LogP contribution in [0, 0.1) is 23.1 Å². The van der Waals surface area contributed by atoms with Crippen LogP contribution in [0.2, 0.25) is 0 Å². The Labute approximate surface area is 206 Å². The Morgan fingerprint density at radius 1 is 0.914 bits per heavy atom. The molecule has 0 aliphatic heterocycles. The Morgan fingerprint density at radius 2 is 1.51 bits per heavy atom. The average Bonchev–Trinajstić information content (AvgIpc) is 2.87. The van der Waals surface area contributed by atoms with Crippen molar-refractivity contribution >= 4 is 5.91 Å². The van der Waals surface area contributed by atoms with Crippen molar-refractivity contribution in [2.24, 2.45) is 17.3 Å². The van der Waals surface area contributed by atoms with E-state index in [0.29, 0.717) is 17.6 Å². The van der Waals surface area contributed by atoms with Crippen molar-refractivity contribution in [3.63, 3.8) is 0 Å². The van der Waals surface area contributed by atoms with E-state index < -0.39 is 5.41 Å². The van der Waals surface area contributed by atoms with E-state index in [1.165, 1.54) is 6.07 Å². The zero-order valence-corrected chi connectivity index (χ0v) is 20.2. The maximum absolute atomic E-state index is 15.3. The average molecular weight is 470 g/mol. The molecule has 0 spiro atoms. The van der Waals surface area contributed by atoms with Gasteiger partial charge in [0.1, 0.15) is 11.6 Å². The van der Waals surface area contributed by atoms with Gasteiger partial charge in [0.25, 0.3) is 0 Å². The molecule has 4 bridgehead atoms. The first-order valence-corrected chi connectivity index (χ1v) is 12.8. The molecule has 3 nitrogen and oxygen atoms in total. The summed E-state index contributed by atoms with van der Waals surface area (Å²) in [6.45, 7) is 0. The summed E-state index contributed by atoms with van der Waals surface area (Å²) in [5.41, 5.74) is 2.21. The lowest BCUT2D eigenvalue weighted by molar-refractivity contribution is -0.149. The molecule has 0 saturated heterocycles. The highest BCUT2D eigenvalue weighted by Crippen LogP contribution is 2.66. The molecule has 1 N–H and O–H groups in total. The Bertz CT molecular complexity index is 1170. The van der Waals surface area contributed by atoms with Gasteiger partial charge in [0.15, 0.2) is 0 Å². The topological polar surface area (TPSA) is 38.3 Å². The van der Waals surface area contributed by atoms with Crippen molar-refractivity contribution in [1.29, 1.82) is 0 Å². The first kappa shape index (κ1) is 22.3. The minimum absolute atomic E-state index is 0.127. The largest absolute Gasteiger partial charge is 0.497 e.